The molecule has 23 heavy (non-hydrogen) atoms. The fourth-order valence-corrected chi connectivity index (χ4v) is 5.57. The average molecular weight is 400 g/mol. The summed E-state index contributed by atoms with van der Waals surface area (Å²) in [4.78, 5) is 12.1. The van der Waals surface area contributed by atoms with Crippen molar-refractivity contribution < 1.29 is 14.3 Å². The fourth-order valence-electron chi connectivity index (χ4n) is 4.26. The molecule has 0 aromatic heterocycles. The molecule has 1 fully saturated rings. The topological polar surface area (TPSA) is 35.5 Å². The Balaban J connectivity index is 2.36. The van der Waals surface area contributed by atoms with Crippen LogP contribution in [0.2, 0.25) is 5.02 Å². The highest BCUT2D eigenvalue weighted by Crippen LogP contribution is 2.57. The van der Waals surface area contributed by atoms with Gasteiger partial charge in [0.15, 0.2) is 11.5 Å². The zero-order valence-electron chi connectivity index (χ0n) is 13.3. The second-order valence-electron chi connectivity index (χ2n) is 6.19. The quantitative estimate of drug-likeness (QED) is 0.556. The van der Waals surface area contributed by atoms with Crippen molar-refractivity contribution in [2.45, 2.75) is 35.9 Å². The molecule has 0 amide bonds. The molecule has 1 aromatic rings. The second kappa shape index (κ2) is 6.14. The van der Waals surface area contributed by atoms with E-state index in [0.29, 0.717) is 28.9 Å². The lowest BCUT2D eigenvalue weighted by Crippen LogP contribution is -2.51. The minimum Gasteiger partial charge on any atom is -0.493 e. The molecule has 5 heteroatoms. The molecule has 0 spiro atoms. The minimum atomic E-state index is -0.507. The summed E-state index contributed by atoms with van der Waals surface area (Å²) in [5.74, 6) is 1.80. The van der Waals surface area contributed by atoms with Crippen molar-refractivity contribution in [2.75, 3.05) is 14.2 Å². The lowest BCUT2D eigenvalue weighted by Gasteiger charge is -2.49. The predicted molar refractivity (Wildman–Crippen MR) is 95.2 cm³/mol. The third-order valence-electron chi connectivity index (χ3n) is 5.35. The van der Waals surface area contributed by atoms with Crippen LogP contribution in [0.1, 0.15) is 30.4 Å². The van der Waals surface area contributed by atoms with E-state index in [-0.39, 0.29) is 10.6 Å². The Morgan fingerprint density at radius 1 is 1.35 bits per heavy atom. The molecule has 2 aliphatic rings. The molecule has 2 aliphatic carbocycles. The van der Waals surface area contributed by atoms with Gasteiger partial charge in [-0.15, -0.1) is 6.58 Å². The summed E-state index contributed by atoms with van der Waals surface area (Å²) >= 11 is 10.2. The van der Waals surface area contributed by atoms with E-state index >= 15 is 0 Å². The number of carbonyl (C=O) groups is 1. The molecule has 0 saturated heterocycles. The number of alkyl halides is 1. The fraction of sp³-hybridized carbons (Fsp3) is 0.500. The van der Waals surface area contributed by atoms with Crippen LogP contribution in [0.4, 0.5) is 0 Å². The average Bonchev–Trinajstić information content (AvgIpc) is 2.57. The SMILES string of the molecule is C=C[C@@]12c3c(c(Cl)cc(OC)c3OC)CC[C@@H]1CCC(=O)[C@@H]2Br. The molecule has 124 valence electrons. The maximum Gasteiger partial charge on any atom is 0.165 e. The zero-order chi connectivity index (χ0) is 16.8. The molecule has 3 rings (SSSR count). The Labute approximate surface area is 150 Å². The van der Waals surface area contributed by atoms with Crippen LogP contribution < -0.4 is 9.47 Å². The highest BCUT2D eigenvalue weighted by molar-refractivity contribution is 9.10. The minimum absolute atomic E-state index is 0.204. The predicted octanol–water partition coefficient (Wildman–Crippen LogP) is 4.47. The number of fused-ring (bicyclic) bond motifs is 3. The van der Waals surface area contributed by atoms with Crippen molar-refractivity contribution in [3.8, 4) is 11.5 Å². The Morgan fingerprint density at radius 3 is 2.65 bits per heavy atom. The second-order valence-corrected chi connectivity index (χ2v) is 7.51. The Bertz CT molecular complexity index is 673. The molecule has 0 unspecified atom stereocenters. The van der Waals surface area contributed by atoms with E-state index < -0.39 is 5.41 Å². The number of hydrogen-bond donors (Lipinski definition) is 0. The van der Waals surface area contributed by atoms with Gasteiger partial charge in [0.2, 0.25) is 0 Å². The first-order valence-electron chi connectivity index (χ1n) is 7.75. The Hall–Kier alpha value is -1.00. The third-order valence-corrected chi connectivity index (χ3v) is 6.96. The van der Waals surface area contributed by atoms with Gasteiger partial charge >= 0.3 is 0 Å². The van der Waals surface area contributed by atoms with Crippen molar-refractivity contribution in [3.63, 3.8) is 0 Å². The van der Waals surface area contributed by atoms with E-state index in [0.717, 1.165) is 30.4 Å². The maximum absolute atomic E-state index is 12.5. The van der Waals surface area contributed by atoms with Crippen LogP contribution in [0.25, 0.3) is 0 Å². The van der Waals surface area contributed by atoms with Crippen LogP contribution >= 0.6 is 27.5 Å². The zero-order valence-corrected chi connectivity index (χ0v) is 15.7. The number of halogens is 2. The van der Waals surface area contributed by atoms with Crippen LogP contribution in [-0.2, 0) is 16.6 Å². The van der Waals surface area contributed by atoms with Crippen LogP contribution in [0.3, 0.4) is 0 Å². The van der Waals surface area contributed by atoms with Crippen LogP contribution in [0.5, 0.6) is 11.5 Å². The van der Waals surface area contributed by atoms with E-state index in [1.807, 2.05) is 6.08 Å². The first-order valence-corrected chi connectivity index (χ1v) is 9.04. The summed E-state index contributed by atoms with van der Waals surface area (Å²) in [6, 6.07) is 1.80. The summed E-state index contributed by atoms with van der Waals surface area (Å²) in [6.07, 6.45) is 5.24. The van der Waals surface area contributed by atoms with Crippen molar-refractivity contribution >= 4 is 33.3 Å². The van der Waals surface area contributed by atoms with Crippen LogP contribution in [-0.4, -0.2) is 24.8 Å². The molecular formula is C18H20BrClO3. The number of rotatable bonds is 3. The van der Waals surface area contributed by atoms with Gasteiger partial charge in [-0.1, -0.05) is 33.6 Å². The largest absolute Gasteiger partial charge is 0.493 e. The summed E-state index contributed by atoms with van der Waals surface area (Å²) in [6.45, 7) is 4.08. The van der Waals surface area contributed by atoms with E-state index in [1.165, 1.54) is 0 Å². The maximum atomic E-state index is 12.5. The molecule has 0 bridgehead atoms. The first kappa shape index (κ1) is 16.8. The van der Waals surface area contributed by atoms with E-state index in [2.05, 4.69) is 22.5 Å². The molecular weight excluding hydrogens is 380 g/mol. The number of carbonyl (C=O) groups excluding carboxylic acids is 1. The molecule has 3 nitrogen and oxygen atoms in total. The molecule has 0 aliphatic heterocycles. The number of benzene rings is 1. The van der Waals surface area contributed by atoms with E-state index in [1.54, 1.807) is 20.3 Å². The van der Waals surface area contributed by atoms with Gasteiger partial charge in [0.1, 0.15) is 5.78 Å². The number of ether oxygens (including phenoxy) is 2. The summed E-state index contributed by atoms with van der Waals surface area (Å²) in [5.41, 5.74) is 1.50. The monoisotopic (exact) mass is 398 g/mol. The van der Waals surface area contributed by atoms with Crippen LogP contribution in [0, 0.1) is 5.92 Å². The van der Waals surface area contributed by atoms with E-state index in [4.69, 9.17) is 21.1 Å². The smallest absolute Gasteiger partial charge is 0.165 e. The molecule has 0 N–H and O–H groups in total. The number of ketones is 1. The van der Waals surface area contributed by atoms with E-state index in [9.17, 15) is 4.79 Å². The van der Waals surface area contributed by atoms with Crippen molar-refractivity contribution in [2.24, 2.45) is 5.92 Å². The lowest BCUT2D eigenvalue weighted by atomic mass is 9.56. The molecule has 0 heterocycles. The summed E-state index contributed by atoms with van der Waals surface area (Å²) in [5, 5.41) is 0.662. The highest BCUT2D eigenvalue weighted by atomic mass is 79.9. The molecule has 3 atom stereocenters. The van der Waals surface area contributed by atoms with Gasteiger partial charge in [-0.2, -0.15) is 0 Å². The summed E-state index contributed by atoms with van der Waals surface area (Å²) < 4.78 is 11.2. The van der Waals surface area contributed by atoms with Crippen molar-refractivity contribution in [1.82, 2.24) is 0 Å². The van der Waals surface area contributed by atoms with Gasteiger partial charge < -0.3 is 9.47 Å². The van der Waals surface area contributed by atoms with Gasteiger partial charge in [-0.25, -0.2) is 0 Å². The summed E-state index contributed by atoms with van der Waals surface area (Å²) in [7, 11) is 3.22. The van der Waals surface area contributed by atoms with Gasteiger partial charge in [0, 0.05) is 28.5 Å². The van der Waals surface area contributed by atoms with Crippen molar-refractivity contribution in [3.05, 3.63) is 34.9 Å². The first-order chi connectivity index (χ1) is 11.0. The standard InChI is InChI=1S/C18H20BrClO3/c1-4-18-10(6-8-13(21)17(18)19)5-7-11-12(20)9-14(22-2)16(23-3)15(11)18/h4,9-10,17H,1,5-8H2,2-3H3/t10-,17+,18+/m1/s1. The van der Waals surface area contributed by atoms with Gasteiger partial charge in [-0.3, -0.25) is 4.79 Å². The number of methoxy groups -OCH3 is 2. The van der Waals surface area contributed by atoms with Gasteiger partial charge in [0.25, 0.3) is 0 Å². The third kappa shape index (κ3) is 2.25. The molecule has 1 saturated carbocycles. The van der Waals surface area contributed by atoms with Gasteiger partial charge in [0.05, 0.1) is 19.0 Å². The highest BCUT2D eigenvalue weighted by Gasteiger charge is 2.54. The lowest BCUT2D eigenvalue weighted by molar-refractivity contribution is -0.122. The normalized spacial score (nSPS) is 29.5. The Kier molecular flexibility index (Phi) is 4.49. The molecule has 1 aromatic carbocycles. The number of Topliss-reactive ketones (excluding diaryl/α,β-unsaturated/α-hetero) is 1. The Morgan fingerprint density at radius 2 is 2.04 bits per heavy atom. The number of allylic oxidation sites excluding steroid dienone is 1. The number of hydrogen-bond acceptors (Lipinski definition) is 3. The van der Waals surface area contributed by atoms with Crippen LogP contribution in [0.15, 0.2) is 18.7 Å². The van der Waals surface area contributed by atoms with Crippen molar-refractivity contribution in [1.29, 1.82) is 0 Å². The molecule has 0 radical (unpaired) electrons. The van der Waals surface area contributed by atoms with Gasteiger partial charge in [-0.05, 0) is 30.7 Å².